The molecule has 2 N–H and O–H groups in total. The van der Waals surface area contributed by atoms with Gasteiger partial charge in [-0.25, -0.2) is 0 Å². The summed E-state index contributed by atoms with van der Waals surface area (Å²) >= 11 is 1.65. The Morgan fingerprint density at radius 1 is 1.29 bits per heavy atom. The molecule has 21 heavy (non-hydrogen) atoms. The van der Waals surface area contributed by atoms with E-state index >= 15 is 0 Å². The number of ketones is 1. The molecule has 0 bridgehead atoms. The second-order valence-electron chi connectivity index (χ2n) is 6.45. The minimum atomic E-state index is 0.199. The number of thiophene rings is 1. The second kappa shape index (κ2) is 5.99. The van der Waals surface area contributed by atoms with Gasteiger partial charge >= 0.3 is 0 Å². The van der Waals surface area contributed by atoms with Crippen molar-refractivity contribution in [2.24, 2.45) is 5.92 Å². The fourth-order valence-electron chi connectivity index (χ4n) is 3.16. The van der Waals surface area contributed by atoms with Crippen LogP contribution in [0, 0.1) is 5.92 Å². The zero-order chi connectivity index (χ0) is 15.0. The molecule has 0 amide bonds. The molecule has 0 aromatic carbocycles. The summed E-state index contributed by atoms with van der Waals surface area (Å²) < 4.78 is 0. The van der Waals surface area contributed by atoms with Crippen molar-refractivity contribution in [3.63, 3.8) is 0 Å². The van der Waals surface area contributed by atoms with E-state index in [2.05, 4.69) is 11.8 Å². The number of anilines is 2. The molecule has 0 spiro atoms. The van der Waals surface area contributed by atoms with Crippen LogP contribution in [0.3, 0.4) is 0 Å². The van der Waals surface area contributed by atoms with E-state index in [4.69, 9.17) is 5.73 Å². The molecule has 2 aliphatic rings. The first-order valence-corrected chi connectivity index (χ1v) is 9.17. The summed E-state index contributed by atoms with van der Waals surface area (Å²) in [5.41, 5.74) is 8.43. The van der Waals surface area contributed by atoms with E-state index in [0.29, 0.717) is 12.3 Å². The normalized spacial score (nSPS) is 18.6. The number of carbonyl (C=O) groups is 1. The number of Topliss-reactive ketones (excluding diaryl/α,β-unsaturated/α-hetero) is 1. The van der Waals surface area contributed by atoms with Crippen LogP contribution in [0.5, 0.6) is 0 Å². The molecular weight excluding hydrogens is 280 g/mol. The first-order valence-electron chi connectivity index (χ1n) is 8.35. The third-order valence-corrected chi connectivity index (χ3v) is 6.22. The van der Waals surface area contributed by atoms with Gasteiger partial charge in [-0.05, 0) is 44.4 Å². The maximum Gasteiger partial charge on any atom is 0.174 e. The van der Waals surface area contributed by atoms with E-state index in [9.17, 15) is 4.79 Å². The third-order valence-electron chi connectivity index (χ3n) is 4.90. The van der Waals surface area contributed by atoms with E-state index < -0.39 is 0 Å². The highest BCUT2D eigenvalue weighted by molar-refractivity contribution is 7.19. The summed E-state index contributed by atoms with van der Waals surface area (Å²) in [6.45, 7) is 6.28. The lowest BCUT2D eigenvalue weighted by Gasteiger charge is -2.33. The lowest BCUT2D eigenvalue weighted by Crippen LogP contribution is -2.32. The molecule has 0 unspecified atom stereocenters. The molecule has 116 valence electrons. The molecule has 0 atom stereocenters. The van der Waals surface area contributed by atoms with Crippen LogP contribution < -0.4 is 10.6 Å². The lowest BCUT2D eigenvalue weighted by atomic mass is 9.85. The molecule has 1 aromatic rings. The Labute approximate surface area is 131 Å². The number of hydrogen-bond donors (Lipinski definition) is 1. The lowest BCUT2D eigenvalue weighted by molar-refractivity contribution is 0.0993. The van der Waals surface area contributed by atoms with Gasteiger partial charge in [-0.2, -0.15) is 0 Å². The molecule has 2 saturated carbocycles. The van der Waals surface area contributed by atoms with Gasteiger partial charge in [0, 0.05) is 25.1 Å². The van der Waals surface area contributed by atoms with Crippen LogP contribution in [0.4, 0.5) is 10.7 Å². The second-order valence-corrected chi connectivity index (χ2v) is 7.45. The first kappa shape index (κ1) is 14.9. The first-order chi connectivity index (χ1) is 10.2. The van der Waals surface area contributed by atoms with Crippen LogP contribution in [0.25, 0.3) is 0 Å². The quantitative estimate of drug-likeness (QED) is 0.758. The third kappa shape index (κ3) is 2.83. The summed E-state index contributed by atoms with van der Waals surface area (Å²) in [5, 5.41) is 1.29. The molecule has 0 aliphatic heterocycles. The van der Waals surface area contributed by atoms with Gasteiger partial charge in [0.05, 0.1) is 15.6 Å². The average Bonchev–Trinajstić information content (AvgIpc) is 3.21. The predicted molar refractivity (Wildman–Crippen MR) is 90.6 cm³/mol. The molecule has 0 radical (unpaired) electrons. The fourth-order valence-corrected chi connectivity index (χ4v) is 4.55. The van der Waals surface area contributed by atoms with Crippen LogP contribution in [-0.2, 0) is 0 Å². The Morgan fingerprint density at radius 3 is 2.48 bits per heavy atom. The molecule has 4 heteroatoms. The Balaban J connectivity index is 1.92. The number of carbonyl (C=O) groups excluding carboxylic acids is 1. The van der Waals surface area contributed by atoms with Crippen molar-refractivity contribution in [1.82, 2.24) is 0 Å². The van der Waals surface area contributed by atoms with Crippen molar-refractivity contribution in [3.05, 3.63) is 10.4 Å². The van der Waals surface area contributed by atoms with Crippen molar-refractivity contribution in [2.45, 2.75) is 58.3 Å². The van der Waals surface area contributed by atoms with Crippen LogP contribution in [0.2, 0.25) is 0 Å². The van der Waals surface area contributed by atoms with E-state index in [0.717, 1.165) is 29.6 Å². The highest BCUT2D eigenvalue weighted by Gasteiger charge is 2.34. The zero-order valence-corrected chi connectivity index (χ0v) is 14.0. The van der Waals surface area contributed by atoms with Crippen molar-refractivity contribution in [1.29, 1.82) is 0 Å². The summed E-state index contributed by atoms with van der Waals surface area (Å²) in [5.74, 6) is 1.64. The van der Waals surface area contributed by atoms with Gasteiger partial charge in [-0.3, -0.25) is 4.79 Å². The molecule has 2 fully saturated rings. The van der Waals surface area contributed by atoms with Crippen LogP contribution in [-0.4, -0.2) is 18.9 Å². The molecule has 3 nitrogen and oxygen atoms in total. The van der Waals surface area contributed by atoms with E-state index in [1.807, 2.05) is 6.92 Å². The maximum atomic E-state index is 12.2. The molecular formula is C17H26N2OS. The van der Waals surface area contributed by atoms with E-state index in [-0.39, 0.29) is 5.78 Å². The van der Waals surface area contributed by atoms with Gasteiger partial charge in [-0.15, -0.1) is 11.3 Å². The number of rotatable bonds is 7. The van der Waals surface area contributed by atoms with Crippen molar-refractivity contribution < 1.29 is 4.79 Å². The molecule has 2 aliphatic carbocycles. The highest BCUT2D eigenvalue weighted by Crippen LogP contribution is 2.52. The number of nitrogens with two attached hydrogens (primary N) is 1. The Hall–Kier alpha value is -1.03. The molecule has 0 saturated heterocycles. The van der Waals surface area contributed by atoms with Gasteiger partial charge in [-0.1, -0.05) is 13.3 Å². The van der Waals surface area contributed by atoms with Crippen molar-refractivity contribution >= 4 is 27.8 Å². The Kier molecular flexibility index (Phi) is 4.25. The van der Waals surface area contributed by atoms with Gasteiger partial charge < -0.3 is 10.6 Å². The number of nitrogen functional groups attached to an aromatic ring is 1. The smallest absolute Gasteiger partial charge is 0.174 e. The standard InChI is InChI=1S/C17H26N2OS/c1-3-13(20)16-15(18)14(12-8-9-12)17(21-16)19(4-2)10-11-6-5-7-11/h11-12H,3-10,18H2,1-2H3. The van der Waals surface area contributed by atoms with Crippen LogP contribution >= 0.6 is 11.3 Å². The van der Waals surface area contributed by atoms with Crippen LogP contribution in [0.15, 0.2) is 0 Å². The SMILES string of the molecule is CCC(=O)c1sc(N(CC)CC2CCC2)c(C2CC2)c1N. The summed E-state index contributed by atoms with van der Waals surface area (Å²) in [6.07, 6.45) is 7.10. The maximum absolute atomic E-state index is 12.2. The molecule has 1 aromatic heterocycles. The molecule has 1 heterocycles. The monoisotopic (exact) mass is 306 g/mol. The minimum Gasteiger partial charge on any atom is -0.397 e. The average molecular weight is 306 g/mol. The fraction of sp³-hybridized carbons (Fsp3) is 0.706. The van der Waals surface area contributed by atoms with Crippen molar-refractivity contribution in [3.8, 4) is 0 Å². The summed E-state index contributed by atoms with van der Waals surface area (Å²) in [7, 11) is 0. The number of nitrogens with zero attached hydrogens (tertiary/aromatic N) is 1. The zero-order valence-electron chi connectivity index (χ0n) is 13.2. The van der Waals surface area contributed by atoms with Crippen molar-refractivity contribution in [2.75, 3.05) is 23.7 Å². The highest BCUT2D eigenvalue weighted by atomic mass is 32.1. The van der Waals surface area contributed by atoms with E-state index in [1.54, 1.807) is 11.3 Å². The summed E-state index contributed by atoms with van der Waals surface area (Å²) in [4.78, 5) is 15.4. The Bertz CT molecular complexity index is 529. The van der Waals surface area contributed by atoms with Gasteiger partial charge in [0.25, 0.3) is 0 Å². The predicted octanol–water partition coefficient (Wildman–Crippen LogP) is 4.43. The molecule has 3 rings (SSSR count). The van der Waals surface area contributed by atoms with Gasteiger partial charge in [0.15, 0.2) is 5.78 Å². The largest absolute Gasteiger partial charge is 0.397 e. The van der Waals surface area contributed by atoms with E-state index in [1.165, 1.54) is 42.7 Å². The topological polar surface area (TPSA) is 46.3 Å². The van der Waals surface area contributed by atoms with Gasteiger partial charge in [0.2, 0.25) is 0 Å². The minimum absolute atomic E-state index is 0.199. The summed E-state index contributed by atoms with van der Waals surface area (Å²) in [6, 6.07) is 0. The number of hydrogen-bond acceptors (Lipinski definition) is 4. The van der Waals surface area contributed by atoms with Gasteiger partial charge in [0.1, 0.15) is 0 Å². The van der Waals surface area contributed by atoms with Crippen LogP contribution in [0.1, 0.15) is 73.5 Å². The Morgan fingerprint density at radius 2 is 2.00 bits per heavy atom.